The molecule has 0 spiro atoms. The lowest BCUT2D eigenvalue weighted by atomic mass is 10.1. The predicted octanol–water partition coefficient (Wildman–Crippen LogP) is 5.07. The first kappa shape index (κ1) is 19.4. The summed E-state index contributed by atoms with van der Waals surface area (Å²) in [7, 11) is -0.483. The summed E-state index contributed by atoms with van der Waals surface area (Å²) >= 11 is 0. The Bertz CT molecular complexity index is 161. The standard InChI is InChI=1S/C16H35O2P/c1-2-3-4-5-6-7-8-9-10-11-12-13-14-19(15-17)16-18/h17-18H,2-16H2,1H3. The highest BCUT2D eigenvalue weighted by atomic mass is 31.1. The fraction of sp³-hybridized carbons (Fsp3) is 1.00. The summed E-state index contributed by atoms with van der Waals surface area (Å²) in [5, 5.41) is 17.9. The van der Waals surface area contributed by atoms with E-state index in [2.05, 4.69) is 6.92 Å². The van der Waals surface area contributed by atoms with Crippen molar-refractivity contribution in [2.75, 3.05) is 18.9 Å². The van der Waals surface area contributed by atoms with Gasteiger partial charge in [0, 0.05) is 0 Å². The zero-order valence-corrected chi connectivity index (χ0v) is 13.8. The Morgan fingerprint density at radius 1 is 0.579 bits per heavy atom. The number of aliphatic hydroxyl groups excluding tert-OH is 2. The molecule has 0 aliphatic carbocycles. The van der Waals surface area contributed by atoms with Crippen LogP contribution in [0.1, 0.15) is 84.0 Å². The SMILES string of the molecule is CCCCCCCCCCCCCCP(CO)CO. The Morgan fingerprint density at radius 3 is 1.32 bits per heavy atom. The minimum Gasteiger partial charge on any atom is -0.392 e. The van der Waals surface area contributed by atoms with Gasteiger partial charge in [0.15, 0.2) is 0 Å². The van der Waals surface area contributed by atoms with Crippen LogP contribution in [-0.4, -0.2) is 29.1 Å². The summed E-state index contributed by atoms with van der Waals surface area (Å²) in [6, 6.07) is 0. The van der Waals surface area contributed by atoms with Crippen LogP contribution < -0.4 is 0 Å². The van der Waals surface area contributed by atoms with Gasteiger partial charge in [-0.2, -0.15) is 0 Å². The Morgan fingerprint density at radius 2 is 0.947 bits per heavy atom. The summed E-state index contributed by atoms with van der Waals surface area (Å²) in [4.78, 5) is 0. The minimum atomic E-state index is -0.483. The fourth-order valence-electron chi connectivity index (χ4n) is 2.36. The first-order chi connectivity index (χ1) is 9.35. The lowest BCUT2D eigenvalue weighted by Crippen LogP contribution is -1.94. The number of aliphatic hydroxyl groups is 2. The van der Waals surface area contributed by atoms with Crippen LogP contribution in [0, 0.1) is 0 Å². The summed E-state index contributed by atoms with van der Waals surface area (Å²) in [6.07, 6.45) is 17.8. The molecule has 0 aromatic heterocycles. The molecule has 0 saturated heterocycles. The smallest absolute Gasteiger partial charge is 0.0646 e. The highest BCUT2D eigenvalue weighted by molar-refractivity contribution is 7.57. The van der Waals surface area contributed by atoms with E-state index in [1.807, 2.05) is 0 Å². The van der Waals surface area contributed by atoms with Crippen molar-refractivity contribution in [2.45, 2.75) is 84.0 Å². The maximum Gasteiger partial charge on any atom is 0.0646 e. The van der Waals surface area contributed by atoms with Crippen molar-refractivity contribution < 1.29 is 10.2 Å². The second kappa shape index (κ2) is 16.4. The molecule has 0 unspecified atom stereocenters. The number of unbranched alkanes of at least 4 members (excludes halogenated alkanes) is 11. The van der Waals surface area contributed by atoms with Crippen LogP contribution in [0.15, 0.2) is 0 Å². The molecular formula is C16H35O2P. The second-order valence-electron chi connectivity index (χ2n) is 5.57. The minimum absolute atomic E-state index is 0.198. The fourth-order valence-corrected chi connectivity index (χ4v) is 3.41. The Labute approximate surface area is 121 Å². The van der Waals surface area contributed by atoms with E-state index in [1.165, 1.54) is 77.0 Å². The summed E-state index contributed by atoms with van der Waals surface area (Å²) < 4.78 is 0. The van der Waals surface area contributed by atoms with E-state index < -0.39 is 7.92 Å². The first-order valence-electron chi connectivity index (χ1n) is 8.29. The van der Waals surface area contributed by atoms with Crippen LogP contribution >= 0.6 is 7.92 Å². The molecule has 0 aromatic carbocycles. The third-order valence-corrected chi connectivity index (χ3v) is 5.48. The van der Waals surface area contributed by atoms with E-state index in [4.69, 9.17) is 10.2 Å². The molecule has 0 aliphatic heterocycles. The molecule has 0 rings (SSSR count). The largest absolute Gasteiger partial charge is 0.392 e. The zero-order valence-electron chi connectivity index (χ0n) is 12.9. The third-order valence-electron chi connectivity index (χ3n) is 3.73. The average Bonchev–Trinajstić information content (AvgIpc) is 2.44. The van der Waals surface area contributed by atoms with Gasteiger partial charge < -0.3 is 10.2 Å². The van der Waals surface area contributed by atoms with E-state index >= 15 is 0 Å². The van der Waals surface area contributed by atoms with Gasteiger partial charge in [0.25, 0.3) is 0 Å². The van der Waals surface area contributed by atoms with Crippen LogP contribution in [-0.2, 0) is 0 Å². The van der Waals surface area contributed by atoms with Gasteiger partial charge in [-0.15, -0.1) is 0 Å². The molecule has 0 radical (unpaired) electrons. The maximum atomic E-state index is 8.97. The molecule has 0 aliphatic rings. The van der Waals surface area contributed by atoms with Crippen molar-refractivity contribution in [2.24, 2.45) is 0 Å². The van der Waals surface area contributed by atoms with Gasteiger partial charge in [-0.05, 0) is 12.6 Å². The molecule has 0 atom stereocenters. The lowest BCUT2D eigenvalue weighted by molar-refractivity contribution is 0.343. The molecule has 2 N–H and O–H groups in total. The lowest BCUT2D eigenvalue weighted by Gasteiger charge is -2.10. The van der Waals surface area contributed by atoms with Crippen molar-refractivity contribution in [1.29, 1.82) is 0 Å². The molecule has 0 aromatic rings. The van der Waals surface area contributed by atoms with Crippen molar-refractivity contribution in [1.82, 2.24) is 0 Å². The zero-order chi connectivity index (χ0) is 14.2. The number of hydrogen-bond acceptors (Lipinski definition) is 2. The van der Waals surface area contributed by atoms with E-state index in [0.29, 0.717) is 0 Å². The van der Waals surface area contributed by atoms with E-state index in [-0.39, 0.29) is 12.7 Å². The van der Waals surface area contributed by atoms with Crippen LogP contribution in [0.3, 0.4) is 0 Å². The van der Waals surface area contributed by atoms with Gasteiger partial charge in [-0.25, -0.2) is 0 Å². The molecule has 2 nitrogen and oxygen atoms in total. The normalized spacial score (nSPS) is 11.4. The summed E-state index contributed by atoms with van der Waals surface area (Å²) in [5.74, 6) is 0. The molecule has 0 heterocycles. The van der Waals surface area contributed by atoms with Crippen molar-refractivity contribution in [3.63, 3.8) is 0 Å². The topological polar surface area (TPSA) is 40.5 Å². The number of hydrogen-bond donors (Lipinski definition) is 2. The van der Waals surface area contributed by atoms with Crippen LogP contribution in [0.25, 0.3) is 0 Å². The van der Waals surface area contributed by atoms with Crippen LogP contribution in [0.4, 0.5) is 0 Å². The molecule has 116 valence electrons. The highest BCUT2D eigenvalue weighted by Crippen LogP contribution is 2.33. The molecule has 0 amide bonds. The van der Waals surface area contributed by atoms with Crippen LogP contribution in [0.2, 0.25) is 0 Å². The van der Waals surface area contributed by atoms with Gasteiger partial charge in [0.2, 0.25) is 0 Å². The molecular weight excluding hydrogens is 255 g/mol. The quantitative estimate of drug-likeness (QED) is 0.326. The highest BCUT2D eigenvalue weighted by Gasteiger charge is 2.03. The van der Waals surface area contributed by atoms with E-state index in [0.717, 1.165) is 6.16 Å². The van der Waals surface area contributed by atoms with Gasteiger partial charge in [-0.3, -0.25) is 0 Å². The first-order valence-corrected chi connectivity index (χ1v) is 10.2. The molecule has 19 heavy (non-hydrogen) atoms. The van der Waals surface area contributed by atoms with Gasteiger partial charge in [-0.1, -0.05) is 85.5 Å². The van der Waals surface area contributed by atoms with Gasteiger partial charge in [0.05, 0.1) is 12.7 Å². The van der Waals surface area contributed by atoms with E-state index in [9.17, 15) is 0 Å². The van der Waals surface area contributed by atoms with Gasteiger partial charge >= 0.3 is 0 Å². The molecule has 0 fully saturated rings. The third kappa shape index (κ3) is 14.6. The Hall–Kier alpha value is 0.350. The van der Waals surface area contributed by atoms with Crippen molar-refractivity contribution in [3.8, 4) is 0 Å². The maximum absolute atomic E-state index is 8.97. The molecule has 0 saturated carbocycles. The monoisotopic (exact) mass is 290 g/mol. The van der Waals surface area contributed by atoms with Crippen LogP contribution in [0.5, 0.6) is 0 Å². The average molecular weight is 290 g/mol. The Kier molecular flexibility index (Phi) is 16.7. The number of rotatable bonds is 15. The molecule has 0 bridgehead atoms. The van der Waals surface area contributed by atoms with E-state index in [1.54, 1.807) is 0 Å². The predicted molar refractivity (Wildman–Crippen MR) is 87.0 cm³/mol. The Balaban J connectivity index is 3.02. The second-order valence-corrected chi connectivity index (χ2v) is 7.92. The van der Waals surface area contributed by atoms with Gasteiger partial charge in [0.1, 0.15) is 0 Å². The molecule has 3 heteroatoms. The summed E-state index contributed by atoms with van der Waals surface area (Å²) in [5.41, 5.74) is 0. The van der Waals surface area contributed by atoms with Crippen molar-refractivity contribution in [3.05, 3.63) is 0 Å². The van der Waals surface area contributed by atoms with Crippen molar-refractivity contribution >= 4 is 7.92 Å². The summed E-state index contributed by atoms with van der Waals surface area (Å²) in [6.45, 7) is 2.27.